The molecule has 1 heterocycles. The number of hydrogen-bond donors (Lipinski definition) is 0. The average Bonchev–Trinajstić information content (AvgIpc) is 2.62. The van der Waals surface area contributed by atoms with E-state index in [-0.39, 0.29) is 6.04 Å². The maximum absolute atomic E-state index is 13.3. The summed E-state index contributed by atoms with van der Waals surface area (Å²) >= 11 is 0. The van der Waals surface area contributed by atoms with Crippen LogP contribution < -0.4 is 4.74 Å². The summed E-state index contributed by atoms with van der Waals surface area (Å²) in [5.41, 5.74) is 2.07. The van der Waals surface area contributed by atoms with Crippen molar-refractivity contribution in [3.63, 3.8) is 0 Å². The number of piperidine rings is 1. The average molecular weight is 359 g/mol. The van der Waals surface area contributed by atoms with Gasteiger partial charge in [-0.1, -0.05) is 36.8 Å². The van der Waals surface area contributed by atoms with Gasteiger partial charge in [-0.15, -0.1) is 0 Å². The Labute approximate surface area is 150 Å². The summed E-state index contributed by atoms with van der Waals surface area (Å²) in [5, 5.41) is 0. The van der Waals surface area contributed by atoms with Crippen LogP contribution >= 0.6 is 0 Å². The summed E-state index contributed by atoms with van der Waals surface area (Å²) in [5.74, 6) is 1.13. The zero-order valence-corrected chi connectivity index (χ0v) is 15.8. The monoisotopic (exact) mass is 359 g/mol. The molecule has 0 bridgehead atoms. The van der Waals surface area contributed by atoms with Crippen LogP contribution in [-0.2, 0) is 10.0 Å². The lowest BCUT2D eigenvalue weighted by Crippen LogP contribution is -2.41. The first-order valence-electron chi connectivity index (χ1n) is 8.64. The van der Waals surface area contributed by atoms with Gasteiger partial charge < -0.3 is 4.74 Å². The molecule has 25 heavy (non-hydrogen) atoms. The van der Waals surface area contributed by atoms with Crippen LogP contribution in [0.4, 0.5) is 0 Å². The zero-order chi connectivity index (χ0) is 18.0. The minimum absolute atomic E-state index is 0.131. The number of sulfonamides is 1. The predicted molar refractivity (Wildman–Crippen MR) is 99.2 cm³/mol. The molecule has 4 nitrogen and oxygen atoms in total. The van der Waals surface area contributed by atoms with E-state index in [1.54, 1.807) is 23.5 Å². The van der Waals surface area contributed by atoms with E-state index in [2.05, 4.69) is 6.92 Å². The number of aryl methyl sites for hydroxylation is 1. The Balaban J connectivity index is 1.97. The highest BCUT2D eigenvalue weighted by molar-refractivity contribution is 7.89. The van der Waals surface area contributed by atoms with E-state index < -0.39 is 10.0 Å². The second-order valence-corrected chi connectivity index (χ2v) is 8.75. The molecule has 0 aromatic heterocycles. The Kier molecular flexibility index (Phi) is 5.16. The van der Waals surface area contributed by atoms with Crippen molar-refractivity contribution < 1.29 is 13.2 Å². The molecule has 1 aliphatic rings. The number of ether oxygens (including phenoxy) is 1. The first kappa shape index (κ1) is 18.0. The van der Waals surface area contributed by atoms with Crippen molar-refractivity contribution in [3.8, 4) is 5.75 Å². The topological polar surface area (TPSA) is 46.6 Å². The standard InChI is InChI=1S/C20H25NO3S/c1-15-4-11-19(12-5-15)25(22,23)21-14-16(2)6-13-20(21)17-7-9-18(24-3)10-8-17/h4-5,7-12,16,20H,6,13-14H2,1-3H3/t16-,20-/m1/s1. The molecule has 5 heteroatoms. The molecule has 0 saturated carbocycles. The molecule has 1 aliphatic heterocycles. The van der Waals surface area contributed by atoms with E-state index in [9.17, 15) is 8.42 Å². The van der Waals surface area contributed by atoms with Crippen LogP contribution in [-0.4, -0.2) is 26.4 Å². The van der Waals surface area contributed by atoms with E-state index in [1.165, 1.54) is 0 Å². The number of hydrogen-bond acceptors (Lipinski definition) is 3. The Morgan fingerprint density at radius 3 is 2.24 bits per heavy atom. The molecule has 2 aromatic carbocycles. The molecule has 0 aliphatic carbocycles. The smallest absolute Gasteiger partial charge is 0.243 e. The molecule has 0 amide bonds. The van der Waals surface area contributed by atoms with Crippen molar-refractivity contribution in [3.05, 3.63) is 59.7 Å². The first-order chi connectivity index (χ1) is 11.9. The van der Waals surface area contributed by atoms with Gasteiger partial charge in [0.05, 0.1) is 18.0 Å². The number of nitrogens with zero attached hydrogens (tertiary/aromatic N) is 1. The third-order valence-corrected chi connectivity index (χ3v) is 6.79. The predicted octanol–water partition coefficient (Wildman–Crippen LogP) is 4.17. The van der Waals surface area contributed by atoms with Crippen molar-refractivity contribution in [2.24, 2.45) is 5.92 Å². The molecule has 0 unspecified atom stereocenters. The van der Waals surface area contributed by atoms with Gasteiger partial charge in [0, 0.05) is 6.54 Å². The molecule has 3 rings (SSSR count). The molecule has 134 valence electrons. The molecular weight excluding hydrogens is 334 g/mol. The molecule has 1 saturated heterocycles. The highest BCUT2D eigenvalue weighted by Gasteiger charge is 2.36. The lowest BCUT2D eigenvalue weighted by atomic mass is 9.92. The largest absolute Gasteiger partial charge is 0.497 e. The van der Waals surface area contributed by atoms with Gasteiger partial charge in [0.2, 0.25) is 10.0 Å². The second-order valence-electron chi connectivity index (χ2n) is 6.86. The quantitative estimate of drug-likeness (QED) is 0.823. The summed E-state index contributed by atoms with van der Waals surface area (Å²) in [6.07, 6.45) is 1.86. The van der Waals surface area contributed by atoms with E-state index in [0.29, 0.717) is 17.4 Å². The zero-order valence-electron chi connectivity index (χ0n) is 15.0. The molecular formula is C20H25NO3S. The number of benzene rings is 2. The fourth-order valence-corrected chi connectivity index (χ4v) is 5.15. The number of methoxy groups -OCH3 is 1. The fraction of sp³-hybridized carbons (Fsp3) is 0.400. The number of rotatable bonds is 4. The normalized spacial score (nSPS) is 21.9. The maximum atomic E-state index is 13.3. The van der Waals surface area contributed by atoms with Crippen molar-refractivity contribution in [1.29, 1.82) is 0 Å². The van der Waals surface area contributed by atoms with Gasteiger partial charge in [-0.05, 0) is 55.5 Å². The molecule has 2 aromatic rings. The van der Waals surface area contributed by atoms with E-state index >= 15 is 0 Å². The van der Waals surface area contributed by atoms with Crippen LogP contribution in [0.5, 0.6) is 5.75 Å². The van der Waals surface area contributed by atoms with E-state index in [1.807, 2.05) is 43.3 Å². The van der Waals surface area contributed by atoms with Gasteiger partial charge in [0.1, 0.15) is 5.75 Å². The molecule has 0 spiro atoms. The Morgan fingerprint density at radius 1 is 1.00 bits per heavy atom. The molecule has 0 N–H and O–H groups in total. The van der Waals surface area contributed by atoms with Crippen molar-refractivity contribution in [2.75, 3.05) is 13.7 Å². The SMILES string of the molecule is COc1ccc([C@H]2CC[C@@H](C)CN2S(=O)(=O)c2ccc(C)cc2)cc1. The first-order valence-corrected chi connectivity index (χ1v) is 10.1. The Bertz CT molecular complexity index is 813. The second kappa shape index (κ2) is 7.18. The summed E-state index contributed by atoms with van der Waals surface area (Å²) in [4.78, 5) is 0.366. The van der Waals surface area contributed by atoms with Crippen molar-refractivity contribution >= 4 is 10.0 Å². The van der Waals surface area contributed by atoms with Crippen LogP contribution in [0.25, 0.3) is 0 Å². The maximum Gasteiger partial charge on any atom is 0.243 e. The molecule has 0 radical (unpaired) electrons. The Morgan fingerprint density at radius 2 is 1.64 bits per heavy atom. The Hall–Kier alpha value is -1.85. The highest BCUT2D eigenvalue weighted by atomic mass is 32.2. The lowest BCUT2D eigenvalue weighted by molar-refractivity contribution is 0.207. The molecule has 2 atom stereocenters. The summed E-state index contributed by atoms with van der Waals surface area (Å²) in [7, 11) is -1.89. The van der Waals surface area contributed by atoms with E-state index in [0.717, 1.165) is 29.7 Å². The summed E-state index contributed by atoms with van der Waals surface area (Å²) < 4.78 is 33.4. The highest BCUT2D eigenvalue weighted by Crippen LogP contribution is 2.37. The van der Waals surface area contributed by atoms with Crippen LogP contribution in [0.3, 0.4) is 0 Å². The van der Waals surface area contributed by atoms with Gasteiger partial charge in [0.15, 0.2) is 0 Å². The van der Waals surface area contributed by atoms with Crippen LogP contribution in [0, 0.1) is 12.8 Å². The van der Waals surface area contributed by atoms with Crippen molar-refractivity contribution in [2.45, 2.75) is 37.6 Å². The fourth-order valence-electron chi connectivity index (χ4n) is 3.38. The van der Waals surface area contributed by atoms with Crippen LogP contribution in [0.1, 0.15) is 36.9 Å². The van der Waals surface area contributed by atoms with Gasteiger partial charge in [-0.25, -0.2) is 8.42 Å². The van der Waals surface area contributed by atoms with Gasteiger partial charge in [-0.2, -0.15) is 4.31 Å². The van der Waals surface area contributed by atoms with Crippen molar-refractivity contribution in [1.82, 2.24) is 4.31 Å². The molecule has 1 fully saturated rings. The minimum Gasteiger partial charge on any atom is -0.497 e. The van der Waals surface area contributed by atoms with Crippen LogP contribution in [0.2, 0.25) is 0 Å². The minimum atomic E-state index is -3.52. The third kappa shape index (κ3) is 3.72. The lowest BCUT2D eigenvalue weighted by Gasteiger charge is -2.38. The summed E-state index contributed by atoms with van der Waals surface area (Å²) in [6, 6.07) is 14.7. The van der Waals surface area contributed by atoms with Gasteiger partial charge in [-0.3, -0.25) is 0 Å². The van der Waals surface area contributed by atoms with E-state index in [4.69, 9.17) is 4.74 Å². The van der Waals surface area contributed by atoms with Crippen LogP contribution in [0.15, 0.2) is 53.4 Å². The van der Waals surface area contributed by atoms with Gasteiger partial charge in [0.25, 0.3) is 0 Å². The third-order valence-electron chi connectivity index (χ3n) is 4.90. The van der Waals surface area contributed by atoms with Gasteiger partial charge >= 0.3 is 0 Å². The summed E-state index contributed by atoms with van der Waals surface area (Å²) in [6.45, 7) is 4.62.